The van der Waals surface area contributed by atoms with E-state index in [1.54, 1.807) is 25.3 Å². The number of anilines is 2. The first-order valence-corrected chi connectivity index (χ1v) is 19.6. The van der Waals surface area contributed by atoms with Gasteiger partial charge in [-0.1, -0.05) is 23.3 Å². The molecular weight excluding hydrogens is 815 g/mol. The fourth-order valence-electron chi connectivity index (χ4n) is 9.73. The van der Waals surface area contributed by atoms with E-state index >= 15 is 4.79 Å². The van der Waals surface area contributed by atoms with Gasteiger partial charge < -0.3 is 9.84 Å². The number of amides is 4. The number of hydrogen-bond donors (Lipinski definition) is 1. The van der Waals surface area contributed by atoms with Crippen molar-refractivity contribution in [1.82, 2.24) is 9.78 Å². The third kappa shape index (κ3) is 5.76. The number of carbonyl (C=O) groups excluding carboxylic acids is 4. The quantitative estimate of drug-likeness (QED) is 0.0768. The number of carbonyl (C=O) groups is 4. The molecular formula is C41H31ClF3N5O8S. The zero-order chi connectivity index (χ0) is 42.0. The zero-order valence-corrected chi connectivity index (χ0v) is 32.8. The lowest BCUT2D eigenvalue weighted by Gasteiger charge is -2.49. The molecule has 1 N–H and O–H groups in total. The van der Waals surface area contributed by atoms with Crippen molar-refractivity contribution in [3.05, 3.63) is 105 Å². The lowest BCUT2D eigenvalue weighted by molar-refractivity contribution is -0.384. The topological polar surface area (TPSA) is 165 Å². The number of ether oxygens (including phenoxy) is 1. The second-order valence-electron chi connectivity index (χ2n) is 15.4. The average Bonchev–Trinajstić information content (AvgIpc) is 3.85. The fraction of sp³-hybridized carbons (Fsp3) is 0.293. The number of allylic oxidation sites excluding steroid dienone is 2. The van der Waals surface area contributed by atoms with E-state index in [0.717, 1.165) is 48.5 Å². The monoisotopic (exact) mass is 845 g/mol. The van der Waals surface area contributed by atoms with Crippen molar-refractivity contribution in [3.8, 4) is 22.1 Å². The Morgan fingerprint density at radius 1 is 0.983 bits per heavy atom. The van der Waals surface area contributed by atoms with Crippen LogP contribution < -0.4 is 14.5 Å². The number of aromatic hydroxyl groups is 1. The fourth-order valence-corrected chi connectivity index (χ4v) is 11.0. The van der Waals surface area contributed by atoms with Crippen molar-refractivity contribution < 1.29 is 47.1 Å². The standard InChI is InChI=1S/C41H31ClF3N5O8S/c1-18-25-14-19(42)4-13-31(25)59-35(18)29-17-32(47(3)46-29)49-37(53)28-16-26-23(34(40(28,2)39(49)55)27-15-22(9-12-30(27)51)58-41(43,44)45)10-11-24-33(26)38(54)48(36(24)52)20-5-7-21(8-6-20)50(56)57/h4-10,12-15,17,24,26,28,33-34,51H,11,16H2,1-3H3. The van der Waals surface area contributed by atoms with Gasteiger partial charge >= 0.3 is 6.36 Å². The summed E-state index contributed by atoms with van der Waals surface area (Å²) < 4.78 is 47.2. The molecule has 2 aliphatic carbocycles. The van der Waals surface area contributed by atoms with E-state index in [4.69, 9.17) is 11.6 Å². The third-order valence-electron chi connectivity index (χ3n) is 12.4. The number of nitro groups is 1. The minimum Gasteiger partial charge on any atom is -0.508 e. The minimum absolute atomic E-state index is 0.00201. The predicted octanol–water partition coefficient (Wildman–Crippen LogP) is 8.21. The van der Waals surface area contributed by atoms with E-state index in [2.05, 4.69) is 9.84 Å². The number of imide groups is 2. The van der Waals surface area contributed by atoms with E-state index in [0.29, 0.717) is 16.3 Å². The first-order chi connectivity index (χ1) is 27.9. The SMILES string of the molecule is Cc1c(-c2cc(N3C(=O)C4CC5C(=CCC6C(=O)N(c7ccc([N+](=O)[O-])cc7)C(=O)C65)C(c5cc(OC(F)(F)F)ccc5O)C4(C)C3=O)n(C)n2)sc2ccc(Cl)cc12. The Morgan fingerprint density at radius 3 is 2.41 bits per heavy atom. The third-order valence-corrected chi connectivity index (χ3v) is 13.9. The Labute approximate surface area is 341 Å². The van der Waals surface area contributed by atoms with Crippen LogP contribution in [0, 0.1) is 46.1 Å². The molecule has 6 unspecified atom stereocenters. The largest absolute Gasteiger partial charge is 0.573 e. The number of non-ortho nitro benzene ring substituents is 1. The summed E-state index contributed by atoms with van der Waals surface area (Å²) in [5, 5.41) is 28.8. The van der Waals surface area contributed by atoms with Gasteiger partial charge in [-0.05, 0) is 92.1 Å². The van der Waals surface area contributed by atoms with Gasteiger partial charge in [0.2, 0.25) is 23.6 Å². The first kappa shape index (κ1) is 38.4. The number of fused-ring (bicyclic) bond motifs is 5. The van der Waals surface area contributed by atoms with Gasteiger partial charge in [-0.2, -0.15) is 5.10 Å². The summed E-state index contributed by atoms with van der Waals surface area (Å²) in [6, 6.07) is 14.9. The molecule has 9 rings (SSSR count). The summed E-state index contributed by atoms with van der Waals surface area (Å²) in [5.74, 6) is -8.86. The van der Waals surface area contributed by atoms with Crippen LogP contribution in [0.5, 0.6) is 11.5 Å². The molecule has 18 heteroatoms. The minimum atomic E-state index is -5.10. The summed E-state index contributed by atoms with van der Waals surface area (Å²) in [4.78, 5) is 71.8. The molecule has 3 fully saturated rings. The summed E-state index contributed by atoms with van der Waals surface area (Å²) >= 11 is 7.73. The summed E-state index contributed by atoms with van der Waals surface area (Å²) in [6.45, 7) is 3.44. The number of nitrogens with zero attached hydrogens (tertiary/aromatic N) is 5. The van der Waals surface area contributed by atoms with Gasteiger partial charge in [0.25, 0.3) is 5.69 Å². The Bertz CT molecular complexity index is 2730. The molecule has 0 bridgehead atoms. The van der Waals surface area contributed by atoms with Gasteiger partial charge in [0, 0.05) is 46.5 Å². The van der Waals surface area contributed by atoms with Crippen LogP contribution in [0.15, 0.2) is 78.4 Å². The van der Waals surface area contributed by atoms with Crippen molar-refractivity contribution in [1.29, 1.82) is 0 Å². The molecule has 13 nitrogen and oxygen atoms in total. The van der Waals surface area contributed by atoms with E-state index < -0.39 is 81.4 Å². The van der Waals surface area contributed by atoms with Crippen LogP contribution in [0.4, 0.5) is 30.4 Å². The molecule has 302 valence electrons. The molecule has 4 heterocycles. The lowest BCUT2D eigenvalue weighted by atomic mass is 9.51. The number of nitro benzene ring substituents is 1. The number of rotatable bonds is 6. The molecule has 0 spiro atoms. The number of alkyl halides is 3. The van der Waals surface area contributed by atoms with Crippen LogP contribution in [-0.4, -0.2) is 49.8 Å². The Morgan fingerprint density at radius 2 is 1.71 bits per heavy atom. The van der Waals surface area contributed by atoms with Crippen LogP contribution >= 0.6 is 22.9 Å². The highest BCUT2D eigenvalue weighted by atomic mass is 35.5. The number of halogens is 4. The molecule has 2 saturated heterocycles. The van der Waals surface area contributed by atoms with Crippen LogP contribution in [0.25, 0.3) is 20.7 Å². The van der Waals surface area contributed by atoms with E-state index in [-0.39, 0.29) is 35.6 Å². The number of hydrogen-bond acceptors (Lipinski definition) is 10. The molecule has 0 radical (unpaired) electrons. The molecule has 3 aromatic carbocycles. The zero-order valence-electron chi connectivity index (χ0n) is 31.2. The maximum absolute atomic E-state index is 15.1. The van der Waals surface area contributed by atoms with Crippen LogP contribution in [0.2, 0.25) is 5.02 Å². The van der Waals surface area contributed by atoms with Gasteiger partial charge in [-0.25, -0.2) is 4.90 Å². The highest BCUT2D eigenvalue weighted by molar-refractivity contribution is 7.22. The molecule has 6 atom stereocenters. The molecule has 59 heavy (non-hydrogen) atoms. The average molecular weight is 846 g/mol. The second-order valence-corrected chi connectivity index (χ2v) is 16.9. The number of thiophene rings is 1. The maximum Gasteiger partial charge on any atom is 0.573 e. The Kier molecular flexibility index (Phi) is 8.62. The van der Waals surface area contributed by atoms with Crippen LogP contribution in [-0.2, 0) is 26.2 Å². The van der Waals surface area contributed by atoms with Crippen molar-refractivity contribution in [2.75, 3.05) is 9.80 Å². The van der Waals surface area contributed by atoms with Crippen molar-refractivity contribution in [2.24, 2.45) is 36.1 Å². The molecule has 5 aromatic rings. The number of aryl methyl sites for hydroxylation is 2. The maximum atomic E-state index is 15.1. The highest BCUT2D eigenvalue weighted by Crippen LogP contribution is 2.65. The first-order valence-electron chi connectivity index (χ1n) is 18.4. The van der Waals surface area contributed by atoms with Gasteiger partial charge in [0.1, 0.15) is 23.0 Å². The summed E-state index contributed by atoms with van der Waals surface area (Å²) in [6.07, 6.45) is -3.51. The van der Waals surface area contributed by atoms with Gasteiger partial charge in [-0.3, -0.25) is 38.9 Å². The van der Waals surface area contributed by atoms with Gasteiger partial charge in [0.05, 0.1) is 38.7 Å². The number of phenols is 1. The van der Waals surface area contributed by atoms with Gasteiger partial charge in [-0.15, -0.1) is 24.5 Å². The summed E-state index contributed by atoms with van der Waals surface area (Å²) in [7, 11) is 1.58. The number of phenolic OH excluding ortho intramolecular Hbond substituents is 1. The normalized spacial score (nSPS) is 25.3. The number of aromatic nitrogens is 2. The van der Waals surface area contributed by atoms with Crippen molar-refractivity contribution in [2.45, 2.75) is 39.0 Å². The van der Waals surface area contributed by atoms with E-state index in [9.17, 15) is 42.8 Å². The Hall–Kier alpha value is -6.07. The molecule has 2 aliphatic heterocycles. The Balaban J connectivity index is 1.16. The lowest BCUT2D eigenvalue weighted by Crippen LogP contribution is -2.49. The van der Waals surface area contributed by atoms with E-state index in [1.165, 1.54) is 47.2 Å². The van der Waals surface area contributed by atoms with Crippen LogP contribution in [0.3, 0.4) is 0 Å². The van der Waals surface area contributed by atoms with E-state index in [1.807, 2.05) is 19.1 Å². The number of benzene rings is 3. The smallest absolute Gasteiger partial charge is 0.508 e. The summed E-state index contributed by atoms with van der Waals surface area (Å²) in [5.41, 5.74) is -0.231. The van der Waals surface area contributed by atoms with Crippen LogP contribution in [0.1, 0.15) is 36.8 Å². The molecule has 4 aliphatic rings. The van der Waals surface area contributed by atoms with Gasteiger partial charge in [0.15, 0.2) is 0 Å². The molecule has 1 saturated carbocycles. The predicted molar refractivity (Wildman–Crippen MR) is 209 cm³/mol. The van der Waals surface area contributed by atoms with Crippen molar-refractivity contribution in [3.63, 3.8) is 0 Å². The second kappa shape index (κ2) is 13.2. The molecule has 2 aromatic heterocycles. The molecule has 4 amide bonds. The highest BCUT2D eigenvalue weighted by Gasteiger charge is 2.68. The van der Waals surface area contributed by atoms with Crippen molar-refractivity contribution >= 4 is 73.8 Å².